The number of fused-ring (bicyclic) bond motifs is 1. The molecule has 0 aliphatic carbocycles. The minimum Gasteiger partial charge on any atom is -0.479 e. The zero-order valence-corrected chi connectivity index (χ0v) is 30.6. The predicted molar refractivity (Wildman–Crippen MR) is 195 cm³/mol. The average Bonchev–Trinajstić information content (AvgIpc) is 3.61. The molecule has 0 aliphatic heterocycles. The normalized spacial score (nSPS) is 13.5. The molecule has 2 aromatic heterocycles. The van der Waals surface area contributed by atoms with E-state index in [2.05, 4.69) is 38.5 Å². The summed E-state index contributed by atoms with van der Waals surface area (Å²) < 4.78 is 22.6. The van der Waals surface area contributed by atoms with Gasteiger partial charge in [0.25, 0.3) is 0 Å². The van der Waals surface area contributed by atoms with Gasteiger partial charge in [0.2, 0.25) is 11.8 Å². The Morgan fingerprint density at radius 1 is 0.922 bits per heavy atom. The van der Waals surface area contributed by atoms with Crippen LogP contribution in [0.1, 0.15) is 95.1 Å². The molecule has 3 atom stereocenters. The highest BCUT2D eigenvalue weighted by Gasteiger charge is 2.37. The molecule has 2 heterocycles. The average molecular weight is 702 g/mol. The summed E-state index contributed by atoms with van der Waals surface area (Å²) in [5, 5.41) is 10.0. The van der Waals surface area contributed by atoms with Gasteiger partial charge in [-0.05, 0) is 93.8 Å². The third kappa shape index (κ3) is 10.5. The number of carbonyl (C=O) groups is 3. The van der Waals surface area contributed by atoms with Crippen LogP contribution < -0.4 is 14.8 Å². The summed E-state index contributed by atoms with van der Waals surface area (Å²) in [4.78, 5) is 47.7. The highest BCUT2D eigenvalue weighted by molar-refractivity contribution is 5.95. The lowest BCUT2D eigenvalue weighted by molar-refractivity contribution is -0.151. The lowest BCUT2D eigenvalue weighted by atomic mass is 9.76. The molecule has 2 aromatic carbocycles. The molecule has 0 saturated carbocycles. The molecule has 0 aliphatic rings. The minimum atomic E-state index is -0.985. The van der Waals surface area contributed by atoms with Crippen molar-refractivity contribution in [1.82, 2.24) is 20.2 Å². The first-order valence-corrected chi connectivity index (χ1v) is 17.9. The van der Waals surface area contributed by atoms with E-state index in [1.54, 1.807) is 44.3 Å². The Morgan fingerprint density at radius 2 is 1.67 bits per heavy atom. The van der Waals surface area contributed by atoms with Crippen molar-refractivity contribution in [2.24, 2.45) is 11.3 Å². The maximum Gasteiger partial charge on any atom is 0.347 e. The quantitative estimate of drug-likeness (QED) is 0.0899. The van der Waals surface area contributed by atoms with Crippen LogP contribution in [0.15, 0.2) is 55.0 Å². The zero-order chi connectivity index (χ0) is 36.8. The summed E-state index contributed by atoms with van der Waals surface area (Å²) >= 11 is 0. The molecule has 0 spiro atoms. The highest BCUT2D eigenvalue weighted by atomic mass is 16.6. The van der Waals surface area contributed by atoms with Crippen LogP contribution in [0.25, 0.3) is 11.0 Å². The summed E-state index contributed by atoms with van der Waals surface area (Å²) in [7, 11) is 0. The number of ether oxygens (including phenoxy) is 4. The molecular formula is C39H51N5O7. The van der Waals surface area contributed by atoms with Gasteiger partial charge in [0, 0.05) is 5.69 Å². The van der Waals surface area contributed by atoms with Crippen molar-refractivity contribution in [2.45, 2.75) is 92.6 Å². The largest absolute Gasteiger partial charge is 0.479 e. The fraction of sp³-hybridized carbons (Fsp3) is 0.487. The molecule has 274 valence electrons. The molecule has 0 radical (unpaired) electrons. The van der Waals surface area contributed by atoms with Crippen LogP contribution in [0.3, 0.4) is 0 Å². The number of nitrogens with zero attached hydrogens (tertiary/aromatic N) is 3. The molecule has 4 rings (SSSR count). The SMILES string of the molecule is CCCC(Cc1ccc(C(=O)OCC)c(CC)c1)CC(C)(COc1ncnc2cn[nH]c12)C(=O)Nc1ccc(OC(CCC)C(=O)OCC)cc1. The number of aromatic amines is 1. The second-order valence-corrected chi connectivity index (χ2v) is 12.9. The molecule has 0 bridgehead atoms. The summed E-state index contributed by atoms with van der Waals surface area (Å²) in [6.07, 6.45) is 7.33. The lowest BCUT2D eigenvalue weighted by Gasteiger charge is -2.32. The molecule has 4 aromatic rings. The Balaban J connectivity index is 1.57. The van der Waals surface area contributed by atoms with Crippen LogP contribution in [0.2, 0.25) is 0 Å². The number of benzene rings is 2. The second-order valence-electron chi connectivity index (χ2n) is 12.9. The number of H-pyrrole nitrogens is 1. The number of esters is 2. The molecule has 0 saturated heterocycles. The molecule has 51 heavy (non-hydrogen) atoms. The summed E-state index contributed by atoms with van der Waals surface area (Å²) in [5.74, 6) is 0.0134. The van der Waals surface area contributed by atoms with Gasteiger partial charge >= 0.3 is 11.9 Å². The van der Waals surface area contributed by atoms with Gasteiger partial charge < -0.3 is 24.3 Å². The fourth-order valence-electron chi connectivity index (χ4n) is 6.21. The monoisotopic (exact) mass is 701 g/mol. The van der Waals surface area contributed by atoms with Crippen LogP contribution >= 0.6 is 0 Å². The number of rotatable bonds is 20. The number of hydrogen-bond acceptors (Lipinski definition) is 10. The summed E-state index contributed by atoms with van der Waals surface area (Å²) in [6, 6.07) is 12.9. The topological polar surface area (TPSA) is 155 Å². The maximum absolute atomic E-state index is 14.3. The molecule has 3 unspecified atom stereocenters. The number of aromatic nitrogens is 4. The van der Waals surface area contributed by atoms with Gasteiger partial charge in [0.05, 0.1) is 30.4 Å². The van der Waals surface area contributed by atoms with Gasteiger partial charge in [0.15, 0.2) is 6.10 Å². The summed E-state index contributed by atoms with van der Waals surface area (Å²) in [5.41, 5.74) is 3.37. The molecule has 12 heteroatoms. The Bertz CT molecular complexity index is 1740. The van der Waals surface area contributed by atoms with Gasteiger partial charge in [-0.2, -0.15) is 10.1 Å². The van der Waals surface area contributed by atoms with Crippen molar-refractivity contribution >= 4 is 34.6 Å². The van der Waals surface area contributed by atoms with Gasteiger partial charge in [-0.25, -0.2) is 14.6 Å². The van der Waals surface area contributed by atoms with Crippen molar-refractivity contribution in [3.05, 3.63) is 71.7 Å². The van der Waals surface area contributed by atoms with E-state index in [9.17, 15) is 14.4 Å². The number of anilines is 1. The van der Waals surface area contributed by atoms with E-state index >= 15 is 0 Å². The standard InChI is InChI=1S/C39H51N5O7/c1-7-12-27(20-26-14-19-31(28(9-3)21-26)36(45)48-10-4)22-39(6,24-50-35-34-32(23-42-44-34)40-25-41-35)38(47)43-29-15-17-30(18-16-29)51-33(13-8-2)37(46)49-11-5/h14-19,21,23,25,27,33H,7-13,20,22,24H2,1-6H3,(H,42,44)(H,43,47). The van der Waals surface area contributed by atoms with Crippen LogP contribution in [0.4, 0.5) is 5.69 Å². The van der Waals surface area contributed by atoms with E-state index in [1.165, 1.54) is 6.33 Å². The van der Waals surface area contributed by atoms with Gasteiger partial charge in [-0.15, -0.1) is 0 Å². The smallest absolute Gasteiger partial charge is 0.347 e. The van der Waals surface area contributed by atoms with E-state index in [4.69, 9.17) is 18.9 Å². The van der Waals surface area contributed by atoms with Crippen molar-refractivity contribution in [1.29, 1.82) is 0 Å². The first-order chi connectivity index (χ1) is 24.6. The Labute approximate surface area is 300 Å². The number of amides is 1. The molecule has 2 N–H and O–H groups in total. The number of aryl methyl sites for hydroxylation is 1. The lowest BCUT2D eigenvalue weighted by Crippen LogP contribution is -2.41. The minimum absolute atomic E-state index is 0.0472. The molecule has 12 nitrogen and oxygen atoms in total. The molecule has 1 amide bonds. The van der Waals surface area contributed by atoms with E-state index < -0.39 is 17.5 Å². The Morgan fingerprint density at radius 3 is 2.35 bits per heavy atom. The second kappa shape index (κ2) is 18.8. The zero-order valence-electron chi connectivity index (χ0n) is 30.6. The molecule has 0 fully saturated rings. The number of carbonyl (C=O) groups excluding carboxylic acids is 3. The van der Waals surface area contributed by atoms with E-state index in [0.717, 1.165) is 36.8 Å². The van der Waals surface area contributed by atoms with Crippen molar-refractivity contribution in [3.63, 3.8) is 0 Å². The predicted octanol–water partition coefficient (Wildman–Crippen LogP) is 7.28. The maximum atomic E-state index is 14.3. The fourth-order valence-corrected chi connectivity index (χ4v) is 6.21. The van der Waals surface area contributed by atoms with Crippen LogP contribution in [-0.4, -0.2) is 63.9 Å². The van der Waals surface area contributed by atoms with Gasteiger partial charge in [0.1, 0.15) is 29.7 Å². The first kappa shape index (κ1) is 38.8. The van der Waals surface area contributed by atoms with Crippen molar-refractivity contribution in [2.75, 3.05) is 25.1 Å². The van der Waals surface area contributed by atoms with E-state index in [0.29, 0.717) is 59.8 Å². The Kier molecular flexibility index (Phi) is 14.3. The van der Waals surface area contributed by atoms with Crippen LogP contribution in [-0.2, 0) is 31.9 Å². The van der Waals surface area contributed by atoms with Crippen LogP contribution in [0.5, 0.6) is 11.6 Å². The van der Waals surface area contributed by atoms with E-state index in [-0.39, 0.29) is 31.0 Å². The van der Waals surface area contributed by atoms with Gasteiger partial charge in [-0.1, -0.05) is 52.2 Å². The van der Waals surface area contributed by atoms with Crippen molar-refractivity contribution in [3.8, 4) is 11.6 Å². The van der Waals surface area contributed by atoms with E-state index in [1.807, 2.05) is 32.9 Å². The third-order valence-electron chi connectivity index (χ3n) is 8.78. The number of nitrogens with one attached hydrogen (secondary N) is 2. The Hall–Kier alpha value is -5.00. The highest BCUT2D eigenvalue weighted by Crippen LogP contribution is 2.34. The van der Waals surface area contributed by atoms with Crippen molar-refractivity contribution < 1.29 is 33.3 Å². The summed E-state index contributed by atoms with van der Waals surface area (Å²) in [6.45, 7) is 12.2. The van der Waals surface area contributed by atoms with Crippen LogP contribution in [0, 0.1) is 11.3 Å². The number of hydrogen-bond donors (Lipinski definition) is 2. The third-order valence-corrected chi connectivity index (χ3v) is 8.78. The molecular weight excluding hydrogens is 650 g/mol. The van der Waals surface area contributed by atoms with Gasteiger partial charge in [-0.3, -0.25) is 9.89 Å². The first-order valence-electron chi connectivity index (χ1n) is 17.9.